The van der Waals surface area contributed by atoms with E-state index in [0.29, 0.717) is 11.3 Å². The fourth-order valence-electron chi connectivity index (χ4n) is 2.79. The van der Waals surface area contributed by atoms with Crippen molar-refractivity contribution in [3.63, 3.8) is 0 Å². The number of nitro benzene ring substituents is 1. The van der Waals surface area contributed by atoms with E-state index in [1.54, 1.807) is 12.1 Å². The van der Waals surface area contributed by atoms with Crippen LogP contribution in [-0.2, 0) is 0 Å². The van der Waals surface area contributed by atoms with Crippen molar-refractivity contribution in [1.29, 1.82) is 0 Å². The molecular formula is C21H17FN2O3. The number of carbonyl (C=O) groups excluding carboxylic acids is 1. The van der Waals surface area contributed by atoms with Gasteiger partial charge < -0.3 is 5.32 Å². The van der Waals surface area contributed by atoms with Gasteiger partial charge in [0.05, 0.1) is 11.0 Å². The molecule has 0 aliphatic carbocycles. The van der Waals surface area contributed by atoms with Gasteiger partial charge in [-0.2, -0.15) is 0 Å². The Morgan fingerprint density at radius 1 is 1.00 bits per heavy atom. The van der Waals surface area contributed by atoms with Gasteiger partial charge in [-0.15, -0.1) is 0 Å². The highest BCUT2D eigenvalue weighted by Crippen LogP contribution is 2.26. The van der Waals surface area contributed by atoms with Crippen molar-refractivity contribution in [3.05, 3.63) is 106 Å². The summed E-state index contributed by atoms with van der Waals surface area (Å²) in [5, 5.41) is 14.2. The standard InChI is InChI=1S/C21H17FN2O3/c22-17-11-9-16(10-12-17)21(25)14-20(15-5-2-1-3-6-15)23-18-7-4-8-19(13-18)24(26)27/h1-13,20,23H,14H2. The number of halogens is 1. The van der Waals surface area contributed by atoms with Crippen molar-refractivity contribution in [2.75, 3.05) is 5.32 Å². The maximum Gasteiger partial charge on any atom is 0.271 e. The number of nitrogens with one attached hydrogen (secondary N) is 1. The summed E-state index contributed by atoms with van der Waals surface area (Å²) >= 11 is 0. The van der Waals surface area contributed by atoms with E-state index in [9.17, 15) is 19.3 Å². The van der Waals surface area contributed by atoms with Gasteiger partial charge in [-0.1, -0.05) is 36.4 Å². The summed E-state index contributed by atoms with van der Waals surface area (Å²) in [7, 11) is 0. The first kappa shape index (κ1) is 18.3. The Morgan fingerprint density at radius 3 is 2.37 bits per heavy atom. The largest absolute Gasteiger partial charge is 0.378 e. The molecule has 1 unspecified atom stereocenters. The number of hydrogen-bond acceptors (Lipinski definition) is 4. The minimum atomic E-state index is -0.466. The summed E-state index contributed by atoms with van der Waals surface area (Å²) < 4.78 is 13.1. The van der Waals surface area contributed by atoms with E-state index in [0.717, 1.165) is 5.56 Å². The fraction of sp³-hybridized carbons (Fsp3) is 0.0952. The van der Waals surface area contributed by atoms with Crippen LogP contribution in [0.5, 0.6) is 0 Å². The van der Waals surface area contributed by atoms with Gasteiger partial charge in [0, 0.05) is 29.8 Å². The van der Waals surface area contributed by atoms with E-state index in [2.05, 4.69) is 5.32 Å². The third-order valence-electron chi connectivity index (χ3n) is 4.16. The third-order valence-corrected chi connectivity index (χ3v) is 4.16. The summed E-state index contributed by atoms with van der Waals surface area (Å²) in [6, 6.07) is 20.5. The maximum absolute atomic E-state index is 13.1. The molecule has 6 heteroatoms. The number of anilines is 1. The lowest BCUT2D eigenvalue weighted by atomic mass is 9.97. The number of nitrogens with zero attached hydrogens (tertiary/aromatic N) is 1. The number of benzene rings is 3. The molecular weight excluding hydrogens is 347 g/mol. The molecule has 0 fully saturated rings. The van der Waals surface area contributed by atoms with Crippen molar-refractivity contribution in [3.8, 4) is 0 Å². The van der Waals surface area contributed by atoms with Gasteiger partial charge >= 0.3 is 0 Å². The summed E-state index contributed by atoms with van der Waals surface area (Å²) in [5.74, 6) is -0.553. The van der Waals surface area contributed by atoms with Crippen LogP contribution in [0.1, 0.15) is 28.4 Å². The van der Waals surface area contributed by atoms with Crippen molar-refractivity contribution in [1.82, 2.24) is 0 Å². The van der Waals surface area contributed by atoms with Gasteiger partial charge in [-0.25, -0.2) is 4.39 Å². The molecule has 0 spiro atoms. The van der Waals surface area contributed by atoms with Crippen molar-refractivity contribution in [2.45, 2.75) is 12.5 Å². The minimum absolute atomic E-state index is 0.0309. The quantitative estimate of drug-likeness (QED) is 0.357. The lowest BCUT2D eigenvalue weighted by Gasteiger charge is -2.20. The van der Waals surface area contributed by atoms with Gasteiger partial charge in [0.1, 0.15) is 5.82 Å². The Labute approximate surface area is 155 Å². The Kier molecular flexibility index (Phi) is 5.56. The summed E-state index contributed by atoms with van der Waals surface area (Å²) in [6.45, 7) is 0. The molecule has 0 saturated heterocycles. The highest BCUT2D eigenvalue weighted by atomic mass is 19.1. The van der Waals surface area contributed by atoms with Gasteiger partial charge in [0.15, 0.2) is 5.78 Å². The molecule has 1 atom stereocenters. The molecule has 0 aliphatic heterocycles. The molecule has 5 nitrogen and oxygen atoms in total. The molecule has 0 bridgehead atoms. The van der Waals surface area contributed by atoms with Crippen LogP contribution in [0.3, 0.4) is 0 Å². The molecule has 0 saturated carbocycles. The molecule has 0 aromatic heterocycles. The van der Waals surface area contributed by atoms with Crippen LogP contribution in [0.2, 0.25) is 0 Å². The van der Waals surface area contributed by atoms with E-state index in [-0.39, 0.29) is 23.9 Å². The number of rotatable bonds is 7. The molecule has 136 valence electrons. The van der Waals surface area contributed by atoms with E-state index >= 15 is 0 Å². The number of nitro groups is 1. The summed E-state index contributed by atoms with van der Waals surface area (Å²) in [4.78, 5) is 23.2. The fourth-order valence-corrected chi connectivity index (χ4v) is 2.79. The van der Waals surface area contributed by atoms with Gasteiger partial charge in [-0.3, -0.25) is 14.9 Å². The lowest BCUT2D eigenvalue weighted by molar-refractivity contribution is -0.384. The van der Waals surface area contributed by atoms with Gasteiger partial charge in [0.2, 0.25) is 0 Å². The van der Waals surface area contributed by atoms with Crippen LogP contribution in [0.4, 0.5) is 15.8 Å². The third kappa shape index (κ3) is 4.76. The molecule has 3 aromatic rings. The zero-order valence-electron chi connectivity index (χ0n) is 14.3. The second kappa shape index (κ2) is 8.23. The van der Waals surface area contributed by atoms with Crippen molar-refractivity contribution < 1.29 is 14.1 Å². The Balaban J connectivity index is 1.85. The molecule has 0 heterocycles. The highest BCUT2D eigenvalue weighted by molar-refractivity contribution is 5.96. The summed E-state index contributed by atoms with van der Waals surface area (Å²) in [5.41, 5.74) is 1.80. The molecule has 0 radical (unpaired) electrons. The van der Waals surface area contributed by atoms with Crippen LogP contribution in [0.15, 0.2) is 78.9 Å². The van der Waals surface area contributed by atoms with E-state index in [4.69, 9.17) is 0 Å². The molecule has 0 amide bonds. The Bertz CT molecular complexity index is 943. The first-order valence-electron chi connectivity index (χ1n) is 8.37. The smallest absolute Gasteiger partial charge is 0.271 e. The number of carbonyl (C=O) groups is 1. The first-order valence-corrected chi connectivity index (χ1v) is 8.37. The average molecular weight is 364 g/mol. The van der Waals surface area contributed by atoms with Gasteiger partial charge in [0.25, 0.3) is 5.69 Å². The number of non-ortho nitro benzene ring substituents is 1. The molecule has 27 heavy (non-hydrogen) atoms. The first-order chi connectivity index (χ1) is 13.0. The van der Waals surface area contributed by atoms with Crippen LogP contribution in [0.25, 0.3) is 0 Å². The lowest BCUT2D eigenvalue weighted by Crippen LogP contribution is -2.16. The zero-order chi connectivity index (χ0) is 19.2. The van der Waals surface area contributed by atoms with E-state index in [1.807, 2.05) is 30.3 Å². The topological polar surface area (TPSA) is 72.2 Å². The van der Waals surface area contributed by atoms with Crippen LogP contribution in [-0.4, -0.2) is 10.7 Å². The molecule has 3 aromatic carbocycles. The number of ketones is 1. The normalized spacial score (nSPS) is 11.6. The highest BCUT2D eigenvalue weighted by Gasteiger charge is 2.18. The summed E-state index contributed by atoms with van der Waals surface area (Å²) in [6.07, 6.45) is 0.123. The minimum Gasteiger partial charge on any atom is -0.378 e. The van der Waals surface area contributed by atoms with Crippen LogP contribution < -0.4 is 5.32 Å². The van der Waals surface area contributed by atoms with Crippen LogP contribution in [0, 0.1) is 15.9 Å². The predicted octanol–water partition coefficient (Wildman–Crippen LogP) is 5.16. The Morgan fingerprint density at radius 2 is 1.70 bits per heavy atom. The zero-order valence-corrected chi connectivity index (χ0v) is 14.3. The predicted molar refractivity (Wildman–Crippen MR) is 101 cm³/mol. The second-order valence-electron chi connectivity index (χ2n) is 6.05. The Hall–Kier alpha value is -3.54. The molecule has 1 N–H and O–H groups in total. The van der Waals surface area contributed by atoms with Crippen LogP contribution >= 0.6 is 0 Å². The molecule has 3 rings (SSSR count). The van der Waals surface area contributed by atoms with E-state index in [1.165, 1.54) is 36.4 Å². The van der Waals surface area contributed by atoms with Gasteiger partial charge in [-0.05, 0) is 35.9 Å². The number of hydrogen-bond donors (Lipinski definition) is 1. The van der Waals surface area contributed by atoms with Crippen molar-refractivity contribution in [2.24, 2.45) is 0 Å². The monoisotopic (exact) mass is 364 g/mol. The second-order valence-corrected chi connectivity index (χ2v) is 6.05. The van der Waals surface area contributed by atoms with Crippen molar-refractivity contribution >= 4 is 17.2 Å². The maximum atomic E-state index is 13.1. The number of Topliss-reactive ketones (excluding diaryl/α,β-unsaturated/α-hetero) is 1. The molecule has 0 aliphatic rings. The average Bonchev–Trinajstić information content (AvgIpc) is 2.69. The van der Waals surface area contributed by atoms with E-state index < -0.39 is 10.7 Å². The SMILES string of the molecule is O=C(CC(Nc1cccc([N+](=O)[O-])c1)c1ccccc1)c1ccc(F)cc1.